The van der Waals surface area contributed by atoms with Crippen LogP contribution in [0.4, 0.5) is 5.82 Å². The summed E-state index contributed by atoms with van der Waals surface area (Å²) in [6, 6.07) is 14.8. The first-order chi connectivity index (χ1) is 14.5. The van der Waals surface area contributed by atoms with Gasteiger partial charge in [0.1, 0.15) is 5.82 Å². The van der Waals surface area contributed by atoms with E-state index >= 15 is 0 Å². The zero-order chi connectivity index (χ0) is 21.3. The third-order valence-electron chi connectivity index (χ3n) is 5.28. The van der Waals surface area contributed by atoms with E-state index in [1.165, 1.54) is 0 Å². The zero-order valence-electron chi connectivity index (χ0n) is 17.3. The maximum absolute atomic E-state index is 13.6. The van der Waals surface area contributed by atoms with Crippen molar-refractivity contribution < 1.29 is 9.59 Å². The standard InChI is InChI=1S/C24H25N3O2S/c1-15(2)14-27-22(19-9-6-12-30-19)21(17-7-4-5-8-18(17)24(27)29)23(28)26-20-11-10-16(3)13-25-20/h4-13,15,21-22H,14H2,1-3H3,(H,25,26,28)/t21-,22+/m0/s1. The molecule has 0 aliphatic carbocycles. The van der Waals surface area contributed by atoms with Crippen LogP contribution in [0.3, 0.4) is 0 Å². The smallest absolute Gasteiger partial charge is 0.254 e. The summed E-state index contributed by atoms with van der Waals surface area (Å²) in [5, 5.41) is 4.97. The summed E-state index contributed by atoms with van der Waals surface area (Å²) in [7, 11) is 0. The Bertz CT molecular complexity index is 1040. The largest absolute Gasteiger partial charge is 0.329 e. The fraction of sp³-hybridized carbons (Fsp3) is 0.292. The molecule has 4 rings (SSSR count). The number of hydrogen-bond donors (Lipinski definition) is 1. The van der Waals surface area contributed by atoms with Gasteiger partial charge >= 0.3 is 0 Å². The second kappa shape index (κ2) is 8.40. The number of nitrogens with zero attached hydrogens (tertiary/aromatic N) is 2. The Hall–Kier alpha value is -2.99. The fourth-order valence-electron chi connectivity index (χ4n) is 3.99. The Balaban J connectivity index is 1.80. The van der Waals surface area contributed by atoms with Crippen molar-refractivity contribution in [3.8, 4) is 0 Å². The summed E-state index contributed by atoms with van der Waals surface area (Å²) in [5.74, 6) is 0.109. The normalized spacial score (nSPS) is 18.4. The van der Waals surface area contributed by atoms with Crippen molar-refractivity contribution >= 4 is 29.0 Å². The van der Waals surface area contributed by atoms with Gasteiger partial charge in [-0.3, -0.25) is 9.59 Å². The van der Waals surface area contributed by atoms with Crippen LogP contribution in [0.1, 0.15) is 52.2 Å². The van der Waals surface area contributed by atoms with Gasteiger partial charge in [0.25, 0.3) is 5.91 Å². The lowest BCUT2D eigenvalue weighted by atomic mass is 9.81. The highest BCUT2D eigenvalue weighted by Gasteiger charge is 2.44. The molecule has 30 heavy (non-hydrogen) atoms. The highest BCUT2D eigenvalue weighted by Crippen LogP contribution is 2.44. The second-order valence-electron chi connectivity index (χ2n) is 8.09. The van der Waals surface area contributed by atoms with Crippen LogP contribution in [0.5, 0.6) is 0 Å². The van der Waals surface area contributed by atoms with Crippen LogP contribution in [-0.4, -0.2) is 28.2 Å². The van der Waals surface area contributed by atoms with Gasteiger partial charge in [0.2, 0.25) is 5.91 Å². The van der Waals surface area contributed by atoms with Crippen molar-refractivity contribution in [2.24, 2.45) is 5.92 Å². The Morgan fingerprint density at radius 3 is 2.63 bits per heavy atom. The molecule has 0 saturated carbocycles. The first kappa shape index (κ1) is 20.3. The minimum Gasteiger partial charge on any atom is -0.329 e. The van der Waals surface area contributed by atoms with Gasteiger partial charge in [0, 0.05) is 23.2 Å². The Kier molecular flexibility index (Phi) is 5.68. The average Bonchev–Trinajstić information content (AvgIpc) is 3.25. The molecule has 2 aromatic heterocycles. The van der Waals surface area contributed by atoms with Crippen molar-refractivity contribution in [1.82, 2.24) is 9.88 Å². The zero-order valence-corrected chi connectivity index (χ0v) is 18.1. The van der Waals surface area contributed by atoms with Gasteiger partial charge in [-0.1, -0.05) is 44.2 Å². The van der Waals surface area contributed by atoms with Gasteiger partial charge in [-0.2, -0.15) is 0 Å². The maximum atomic E-state index is 13.6. The van der Waals surface area contributed by atoms with E-state index in [0.717, 1.165) is 16.0 Å². The molecular formula is C24H25N3O2S. The van der Waals surface area contributed by atoms with Crippen LogP contribution in [-0.2, 0) is 4.79 Å². The minimum atomic E-state index is -0.514. The molecule has 6 heteroatoms. The number of thiophene rings is 1. The molecule has 1 aliphatic rings. The molecule has 5 nitrogen and oxygen atoms in total. The van der Waals surface area contributed by atoms with Crippen LogP contribution in [0.25, 0.3) is 0 Å². The second-order valence-corrected chi connectivity index (χ2v) is 9.07. The number of rotatable bonds is 5. The number of carbonyl (C=O) groups excluding carboxylic acids is 2. The van der Waals surface area contributed by atoms with Crippen LogP contribution in [0.15, 0.2) is 60.1 Å². The Labute approximate surface area is 180 Å². The van der Waals surface area contributed by atoms with E-state index < -0.39 is 5.92 Å². The number of fused-ring (bicyclic) bond motifs is 1. The van der Waals surface area contributed by atoms with Crippen molar-refractivity contribution in [1.29, 1.82) is 0 Å². The Morgan fingerprint density at radius 1 is 1.17 bits per heavy atom. The highest BCUT2D eigenvalue weighted by molar-refractivity contribution is 7.10. The molecule has 154 valence electrons. The number of anilines is 1. The van der Waals surface area contributed by atoms with E-state index in [1.54, 1.807) is 23.6 Å². The average molecular weight is 420 g/mol. The third kappa shape index (κ3) is 3.87. The van der Waals surface area contributed by atoms with Gasteiger partial charge in [-0.05, 0) is 47.5 Å². The molecule has 3 heterocycles. The van der Waals surface area contributed by atoms with E-state index in [-0.39, 0.29) is 23.8 Å². The van der Waals surface area contributed by atoms with Gasteiger partial charge in [0.15, 0.2) is 0 Å². The molecule has 1 N–H and O–H groups in total. The summed E-state index contributed by atoms with van der Waals surface area (Å²) in [5.41, 5.74) is 2.40. The van der Waals surface area contributed by atoms with Gasteiger partial charge in [-0.25, -0.2) is 4.98 Å². The summed E-state index contributed by atoms with van der Waals surface area (Å²) in [4.78, 5) is 34.2. The van der Waals surface area contributed by atoms with Crippen molar-refractivity contribution in [3.63, 3.8) is 0 Å². The van der Waals surface area contributed by atoms with Crippen molar-refractivity contribution in [2.45, 2.75) is 32.7 Å². The number of benzene rings is 1. The van der Waals surface area contributed by atoms with E-state index in [1.807, 2.05) is 59.7 Å². The molecular weight excluding hydrogens is 394 g/mol. The lowest BCUT2D eigenvalue weighted by Gasteiger charge is -2.41. The van der Waals surface area contributed by atoms with Crippen molar-refractivity contribution in [2.75, 3.05) is 11.9 Å². The molecule has 2 atom stereocenters. The predicted octanol–water partition coefficient (Wildman–Crippen LogP) is 5.03. The van der Waals surface area contributed by atoms with Gasteiger partial charge in [-0.15, -0.1) is 11.3 Å². The van der Waals surface area contributed by atoms with Crippen LogP contribution in [0, 0.1) is 12.8 Å². The summed E-state index contributed by atoms with van der Waals surface area (Å²) in [6.07, 6.45) is 1.73. The maximum Gasteiger partial charge on any atom is 0.254 e. The highest BCUT2D eigenvalue weighted by atomic mass is 32.1. The number of pyridine rings is 1. The number of hydrogen-bond acceptors (Lipinski definition) is 4. The molecule has 0 saturated heterocycles. The molecule has 0 bridgehead atoms. The lowest BCUT2D eigenvalue weighted by Crippen LogP contribution is -2.47. The summed E-state index contributed by atoms with van der Waals surface area (Å²) in [6.45, 7) is 6.72. The lowest BCUT2D eigenvalue weighted by molar-refractivity contribution is -0.119. The molecule has 2 amide bonds. The van der Waals surface area contributed by atoms with E-state index in [2.05, 4.69) is 24.1 Å². The molecule has 0 spiro atoms. The molecule has 3 aromatic rings. The van der Waals surface area contributed by atoms with Crippen LogP contribution in [0.2, 0.25) is 0 Å². The third-order valence-corrected chi connectivity index (χ3v) is 6.22. The number of carbonyl (C=O) groups is 2. The summed E-state index contributed by atoms with van der Waals surface area (Å²) < 4.78 is 0. The molecule has 1 aromatic carbocycles. The van der Waals surface area contributed by atoms with Gasteiger partial charge in [0.05, 0.1) is 12.0 Å². The molecule has 1 aliphatic heterocycles. The van der Waals surface area contributed by atoms with Gasteiger partial charge < -0.3 is 10.2 Å². The van der Waals surface area contributed by atoms with E-state index in [4.69, 9.17) is 0 Å². The quantitative estimate of drug-likeness (QED) is 0.631. The monoisotopic (exact) mass is 419 g/mol. The molecule has 0 radical (unpaired) electrons. The predicted molar refractivity (Wildman–Crippen MR) is 120 cm³/mol. The fourth-order valence-corrected chi connectivity index (χ4v) is 4.87. The Morgan fingerprint density at radius 2 is 1.97 bits per heavy atom. The summed E-state index contributed by atoms with van der Waals surface area (Å²) >= 11 is 1.58. The van der Waals surface area contributed by atoms with E-state index in [9.17, 15) is 9.59 Å². The van der Waals surface area contributed by atoms with Crippen LogP contribution < -0.4 is 5.32 Å². The molecule has 0 fully saturated rings. The SMILES string of the molecule is Cc1ccc(NC(=O)[C@H]2c3ccccc3C(=O)N(CC(C)C)[C@@H]2c2cccs2)nc1. The van der Waals surface area contributed by atoms with E-state index in [0.29, 0.717) is 17.9 Å². The number of nitrogens with one attached hydrogen (secondary N) is 1. The first-order valence-corrected chi connectivity index (χ1v) is 11.0. The first-order valence-electron chi connectivity index (χ1n) is 10.1. The minimum absolute atomic E-state index is 0.0183. The van der Waals surface area contributed by atoms with Crippen molar-refractivity contribution in [3.05, 3.63) is 81.7 Å². The number of aryl methyl sites for hydroxylation is 1. The van der Waals surface area contributed by atoms with Crippen LogP contribution >= 0.6 is 11.3 Å². The number of aromatic nitrogens is 1. The topological polar surface area (TPSA) is 62.3 Å². The molecule has 0 unspecified atom stereocenters. The number of amides is 2.